The van der Waals surface area contributed by atoms with Gasteiger partial charge in [-0.3, -0.25) is 4.79 Å². The molecule has 2 aliphatic heterocycles. The van der Waals surface area contributed by atoms with E-state index in [1.165, 1.54) is 0 Å². The van der Waals surface area contributed by atoms with Gasteiger partial charge in [-0.1, -0.05) is 24.0 Å². The molecular weight excluding hydrogens is 244 g/mol. The van der Waals surface area contributed by atoms with Crippen LogP contribution in [-0.2, 0) is 0 Å². The van der Waals surface area contributed by atoms with Crippen molar-refractivity contribution in [2.24, 2.45) is 0 Å². The van der Waals surface area contributed by atoms with Crippen LogP contribution < -0.4 is 5.32 Å². The fourth-order valence-corrected chi connectivity index (χ4v) is 2.81. The lowest BCUT2D eigenvalue weighted by molar-refractivity contribution is 0.0688. The van der Waals surface area contributed by atoms with Gasteiger partial charge in [0.2, 0.25) is 0 Å². The highest BCUT2D eigenvalue weighted by Crippen LogP contribution is 2.35. The molecule has 0 aliphatic carbocycles. The zero-order chi connectivity index (χ0) is 12.8. The molecule has 3 rings (SSSR count). The van der Waals surface area contributed by atoms with Crippen LogP contribution >= 0.6 is 12.6 Å². The summed E-state index contributed by atoms with van der Waals surface area (Å²) in [5, 5.41) is 3.35. The van der Waals surface area contributed by atoms with E-state index in [0.29, 0.717) is 18.5 Å². The predicted octanol–water partition coefficient (Wildman–Crippen LogP) is 1.98. The highest BCUT2D eigenvalue weighted by atomic mass is 32.1. The lowest BCUT2D eigenvalue weighted by Gasteiger charge is -2.40. The van der Waals surface area contributed by atoms with Gasteiger partial charge >= 0.3 is 0 Å². The smallest absolute Gasteiger partial charge is 0.257 e. The summed E-state index contributed by atoms with van der Waals surface area (Å²) in [6, 6.07) is 7.55. The second-order valence-corrected chi connectivity index (χ2v) is 5.33. The number of rotatable bonds is 0. The van der Waals surface area contributed by atoms with E-state index in [1.54, 1.807) is 4.90 Å². The largest absolute Gasteiger partial charge is 0.378 e. The van der Waals surface area contributed by atoms with Crippen LogP contribution in [0.15, 0.2) is 24.3 Å². The Morgan fingerprint density at radius 1 is 1.50 bits per heavy atom. The first-order valence-electron chi connectivity index (χ1n) is 6.03. The Morgan fingerprint density at radius 2 is 2.28 bits per heavy atom. The molecule has 1 aromatic rings. The highest BCUT2D eigenvalue weighted by molar-refractivity contribution is 7.82. The topological polar surface area (TPSA) is 32.3 Å². The summed E-state index contributed by atoms with van der Waals surface area (Å²) in [5.41, 5.74) is 1.56. The van der Waals surface area contributed by atoms with Crippen LogP contribution in [0.3, 0.4) is 0 Å². The molecule has 0 saturated heterocycles. The molecule has 2 aliphatic rings. The third-order valence-electron chi connectivity index (χ3n) is 3.52. The molecule has 0 fully saturated rings. The molecule has 2 unspecified atom stereocenters. The van der Waals surface area contributed by atoms with Crippen molar-refractivity contribution in [3.8, 4) is 11.8 Å². The minimum atomic E-state index is -0.728. The van der Waals surface area contributed by atoms with Crippen molar-refractivity contribution in [1.29, 1.82) is 0 Å². The van der Waals surface area contributed by atoms with Gasteiger partial charge in [0, 0.05) is 18.7 Å². The molecule has 18 heavy (non-hydrogen) atoms. The Labute approximate surface area is 112 Å². The van der Waals surface area contributed by atoms with Gasteiger partial charge in [0.25, 0.3) is 5.91 Å². The summed E-state index contributed by atoms with van der Waals surface area (Å²) in [4.78, 5) is 13.6. The van der Waals surface area contributed by atoms with Gasteiger partial charge in [-0.15, -0.1) is 12.6 Å². The van der Waals surface area contributed by atoms with Crippen LogP contribution in [0.4, 0.5) is 5.69 Å². The Kier molecular flexibility index (Phi) is 2.53. The van der Waals surface area contributed by atoms with Crippen LogP contribution in [0.1, 0.15) is 23.7 Å². The first-order chi connectivity index (χ1) is 8.63. The molecule has 0 spiro atoms. The number of anilines is 1. The average molecular weight is 258 g/mol. The molecule has 2 heterocycles. The van der Waals surface area contributed by atoms with Crippen molar-refractivity contribution >= 4 is 24.2 Å². The average Bonchev–Trinajstić information content (AvgIpc) is 2.46. The van der Waals surface area contributed by atoms with E-state index in [9.17, 15) is 4.79 Å². The van der Waals surface area contributed by atoms with Crippen LogP contribution in [0, 0.1) is 11.8 Å². The fourth-order valence-electron chi connectivity index (χ4n) is 2.47. The number of amides is 1. The van der Waals surface area contributed by atoms with Crippen LogP contribution in [0.25, 0.3) is 0 Å². The summed E-state index contributed by atoms with van der Waals surface area (Å²) < 4.78 is 0. The van der Waals surface area contributed by atoms with Crippen molar-refractivity contribution in [2.75, 3.05) is 11.9 Å². The van der Waals surface area contributed by atoms with Crippen molar-refractivity contribution in [2.45, 2.75) is 24.3 Å². The SMILES string of the molecule is CC1Nc2ccccc2C(=O)N2CCC#CC12S. The second kappa shape index (κ2) is 3.96. The van der Waals surface area contributed by atoms with Crippen LogP contribution in [-0.4, -0.2) is 28.3 Å². The minimum absolute atomic E-state index is 0.00597. The van der Waals surface area contributed by atoms with E-state index in [2.05, 4.69) is 29.8 Å². The third kappa shape index (κ3) is 1.51. The molecule has 0 aromatic heterocycles. The van der Waals surface area contributed by atoms with Crippen LogP contribution in [0.5, 0.6) is 0 Å². The number of nitrogens with zero attached hydrogens (tertiary/aromatic N) is 1. The standard InChI is InChI=1S/C14H14N2OS/c1-10-14(18)8-4-5-9-16(14)13(17)11-6-2-3-7-12(11)15-10/h2-3,6-7,10,15,18H,5,9H2,1H3. The highest BCUT2D eigenvalue weighted by Gasteiger charge is 2.44. The Bertz CT molecular complexity index is 575. The summed E-state index contributed by atoms with van der Waals surface area (Å²) in [6.07, 6.45) is 0.711. The normalized spacial score (nSPS) is 29.3. The number of thiol groups is 1. The number of carbonyl (C=O) groups excluding carboxylic acids is 1. The van der Waals surface area contributed by atoms with Gasteiger partial charge in [-0.2, -0.15) is 0 Å². The Morgan fingerprint density at radius 3 is 3.11 bits per heavy atom. The molecule has 0 bridgehead atoms. The van der Waals surface area contributed by atoms with E-state index in [-0.39, 0.29) is 11.9 Å². The van der Waals surface area contributed by atoms with Gasteiger partial charge in [-0.05, 0) is 19.1 Å². The van der Waals surface area contributed by atoms with Crippen molar-refractivity contribution < 1.29 is 4.79 Å². The molecular formula is C14H14N2OS. The zero-order valence-corrected chi connectivity index (χ0v) is 11.0. The van der Waals surface area contributed by atoms with E-state index in [4.69, 9.17) is 0 Å². The first-order valence-corrected chi connectivity index (χ1v) is 6.47. The second-order valence-electron chi connectivity index (χ2n) is 4.65. The number of fused-ring (bicyclic) bond motifs is 2. The molecule has 0 radical (unpaired) electrons. The monoisotopic (exact) mass is 258 g/mol. The Hall–Kier alpha value is -1.60. The van der Waals surface area contributed by atoms with E-state index in [0.717, 1.165) is 5.69 Å². The fraction of sp³-hybridized carbons (Fsp3) is 0.357. The summed E-state index contributed by atoms with van der Waals surface area (Å²) in [7, 11) is 0. The van der Waals surface area contributed by atoms with Crippen molar-refractivity contribution in [3.63, 3.8) is 0 Å². The maximum Gasteiger partial charge on any atom is 0.257 e. The lowest BCUT2D eigenvalue weighted by atomic mass is 10.0. The lowest BCUT2D eigenvalue weighted by Crippen LogP contribution is -2.55. The first kappa shape index (κ1) is 11.5. The molecule has 2 atom stereocenters. The molecule has 4 heteroatoms. The summed E-state index contributed by atoms with van der Waals surface area (Å²) >= 11 is 4.67. The molecule has 1 amide bonds. The number of hydrogen-bond acceptors (Lipinski definition) is 3. The van der Waals surface area contributed by atoms with Gasteiger partial charge in [0.05, 0.1) is 11.6 Å². The molecule has 3 nitrogen and oxygen atoms in total. The van der Waals surface area contributed by atoms with Crippen molar-refractivity contribution in [3.05, 3.63) is 29.8 Å². The van der Waals surface area contributed by atoms with Crippen molar-refractivity contribution in [1.82, 2.24) is 4.90 Å². The maximum atomic E-state index is 12.6. The van der Waals surface area contributed by atoms with Gasteiger partial charge in [-0.25, -0.2) is 0 Å². The Balaban J connectivity index is 2.16. The van der Waals surface area contributed by atoms with E-state index >= 15 is 0 Å². The number of carbonyl (C=O) groups is 1. The van der Waals surface area contributed by atoms with Gasteiger partial charge < -0.3 is 10.2 Å². The number of benzene rings is 1. The minimum Gasteiger partial charge on any atom is -0.378 e. The third-order valence-corrected chi connectivity index (χ3v) is 4.26. The van der Waals surface area contributed by atoms with E-state index in [1.807, 2.05) is 31.2 Å². The van der Waals surface area contributed by atoms with Gasteiger partial charge in [0.15, 0.2) is 4.87 Å². The number of para-hydroxylation sites is 1. The van der Waals surface area contributed by atoms with E-state index < -0.39 is 4.87 Å². The molecule has 92 valence electrons. The molecule has 1 aromatic carbocycles. The van der Waals surface area contributed by atoms with Gasteiger partial charge in [0.1, 0.15) is 0 Å². The number of nitrogens with one attached hydrogen (secondary N) is 1. The maximum absolute atomic E-state index is 12.6. The number of hydrogen-bond donors (Lipinski definition) is 2. The van der Waals surface area contributed by atoms with Crippen LogP contribution in [0.2, 0.25) is 0 Å². The molecule has 1 N–H and O–H groups in total. The summed E-state index contributed by atoms with van der Waals surface area (Å²) in [6.45, 7) is 2.64. The quantitative estimate of drug-likeness (QED) is 0.551. The molecule has 0 saturated carbocycles. The zero-order valence-electron chi connectivity index (χ0n) is 10.1. The summed E-state index contributed by atoms with van der Waals surface area (Å²) in [5.74, 6) is 6.18. The predicted molar refractivity (Wildman–Crippen MR) is 74.7 cm³/mol.